The number of benzene rings is 3. The minimum Gasteiger partial charge on any atom is -0.493 e. The first kappa shape index (κ1) is 24.3. The fourth-order valence-electron chi connectivity index (χ4n) is 2.79. The van der Waals surface area contributed by atoms with Crippen molar-refractivity contribution in [3.8, 4) is 11.5 Å². The Morgan fingerprint density at radius 2 is 1.79 bits per heavy atom. The van der Waals surface area contributed by atoms with Gasteiger partial charge in [-0.15, -0.1) is 0 Å². The molecule has 0 atom stereocenters. The summed E-state index contributed by atoms with van der Waals surface area (Å²) in [6, 6.07) is 18.0. The zero-order valence-corrected chi connectivity index (χ0v) is 20.2. The highest BCUT2D eigenvalue weighted by molar-refractivity contribution is 9.10. The number of aryl methyl sites for hydroxylation is 1. The Balaban J connectivity index is 1.57. The maximum Gasteiger partial charge on any atom is 0.329 e. The van der Waals surface area contributed by atoms with E-state index in [9.17, 15) is 9.59 Å². The summed E-state index contributed by atoms with van der Waals surface area (Å²) in [5.74, 6) is -0.661. The van der Waals surface area contributed by atoms with Gasteiger partial charge < -0.3 is 14.8 Å². The van der Waals surface area contributed by atoms with Crippen molar-refractivity contribution >= 4 is 51.2 Å². The molecule has 9 heteroatoms. The first-order valence-electron chi connectivity index (χ1n) is 9.81. The molecule has 0 bridgehead atoms. The first-order chi connectivity index (χ1) is 15.9. The molecule has 0 saturated carbocycles. The van der Waals surface area contributed by atoms with Crippen LogP contribution in [-0.2, 0) is 16.2 Å². The molecule has 2 amide bonds. The number of carbonyl (C=O) groups is 2. The van der Waals surface area contributed by atoms with Crippen LogP contribution in [0.4, 0.5) is 5.69 Å². The zero-order valence-electron chi connectivity index (χ0n) is 17.9. The van der Waals surface area contributed by atoms with Crippen LogP contribution in [0.2, 0.25) is 5.02 Å². The Hall–Kier alpha value is -3.36. The van der Waals surface area contributed by atoms with Gasteiger partial charge in [-0.25, -0.2) is 5.43 Å². The number of nitrogens with one attached hydrogen (secondary N) is 2. The van der Waals surface area contributed by atoms with E-state index in [-0.39, 0.29) is 0 Å². The molecule has 0 unspecified atom stereocenters. The molecule has 0 heterocycles. The Kier molecular flexibility index (Phi) is 8.46. The van der Waals surface area contributed by atoms with Crippen molar-refractivity contribution in [3.05, 3.63) is 86.8 Å². The molecule has 0 saturated heterocycles. The summed E-state index contributed by atoms with van der Waals surface area (Å²) < 4.78 is 12.2. The molecule has 3 rings (SSSR count). The summed E-state index contributed by atoms with van der Waals surface area (Å²) in [5, 5.41) is 6.90. The molecule has 3 aromatic rings. The number of carbonyl (C=O) groups excluding carboxylic acids is 2. The van der Waals surface area contributed by atoms with Crippen LogP contribution in [0.15, 0.2) is 70.2 Å². The third kappa shape index (κ3) is 7.06. The van der Waals surface area contributed by atoms with Crippen molar-refractivity contribution in [1.29, 1.82) is 0 Å². The zero-order chi connectivity index (χ0) is 23.8. The second-order valence-electron chi connectivity index (χ2n) is 6.94. The molecule has 7 nitrogen and oxygen atoms in total. The predicted molar refractivity (Wildman–Crippen MR) is 132 cm³/mol. The van der Waals surface area contributed by atoms with E-state index in [1.54, 1.807) is 43.3 Å². The van der Waals surface area contributed by atoms with Crippen molar-refractivity contribution in [2.75, 3.05) is 12.4 Å². The minimum absolute atomic E-state index is 0.384. The fourth-order valence-corrected chi connectivity index (χ4v) is 3.28. The molecule has 0 aliphatic rings. The average molecular weight is 531 g/mol. The summed E-state index contributed by atoms with van der Waals surface area (Å²) >= 11 is 9.30. The van der Waals surface area contributed by atoms with Gasteiger partial charge in [0.1, 0.15) is 6.61 Å². The van der Waals surface area contributed by atoms with Gasteiger partial charge in [-0.3, -0.25) is 9.59 Å². The number of hydrazone groups is 1. The molecule has 3 aromatic carbocycles. The van der Waals surface area contributed by atoms with Crippen molar-refractivity contribution in [2.45, 2.75) is 13.5 Å². The largest absolute Gasteiger partial charge is 0.493 e. The standard InChI is InChI=1S/C24H21BrClN3O4/c1-15-11-19(26)8-9-20(15)28-23(30)24(31)29-27-13-17-5-10-21(22(12-17)32-2)33-14-16-3-6-18(25)7-4-16/h3-13H,14H2,1-2H3,(H,28,30)(H,29,31)/b27-13+. The molecule has 0 fully saturated rings. The Morgan fingerprint density at radius 3 is 2.48 bits per heavy atom. The topological polar surface area (TPSA) is 89.0 Å². The summed E-state index contributed by atoms with van der Waals surface area (Å²) in [7, 11) is 1.54. The Bertz CT molecular complexity index is 1180. The van der Waals surface area contributed by atoms with Crippen LogP contribution in [0.25, 0.3) is 0 Å². The SMILES string of the molecule is COc1cc(/C=N/NC(=O)C(=O)Nc2ccc(Cl)cc2C)ccc1OCc1ccc(Br)cc1. The van der Waals surface area contributed by atoms with E-state index in [1.807, 2.05) is 24.3 Å². The lowest BCUT2D eigenvalue weighted by atomic mass is 10.2. The van der Waals surface area contributed by atoms with Crippen LogP contribution in [0.3, 0.4) is 0 Å². The smallest absolute Gasteiger partial charge is 0.329 e. The number of anilines is 1. The lowest BCUT2D eigenvalue weighted by molar-refractivity contribution is -0.136. The molecular formula is C24H21BrClN3O4. The van der Waals surface area contributed by atoms with E-state index in [1.165, 1.54) is 13.3 Å². The summed E-state index contributed by atoms with van der Waals surface area (Å²) in [5.41, 5.74) is 5.10. The van der Waals surface area contributed by atoms with E-state index < -0.39 is 11.8 Å². The van der Waals surface area contributed by atoms with Crippen molar-refractivity contribution in [2.24, 2.45) is 5.10 Å². The minimum atomic E-state index is -0.901. The number of amides is 2. The second-order valence-corrected chi connectivity index (χ2v) is 8.29. The number of ether oxygens (including phenoxy) is 2. The fraction of sp³-hybridized carbons (Fsp3) is 0.125. The predicted octanol–water partition coefficient (Wildman–Crippen LogP) is 5.09. The van der Waals surface area contributed by atoms with Crippen LogP contribution in [0.1, 0.15) is 16.7 Å². The van der Waals surface area contributed by atoms with Crippen molar-refractivity contribution < 1.29 is 19.1 Å². The molecule has 0 aliphatic heterocycles. The maximum absolute atomic E-state index is 12.1. The number of halogens is 2. The highest BCUT2D eigenvalue weighted by Gasteiger charge is 2.14. The molecule has 0 radical (unpaired) electrons. The Morgan fingerprint density at radius 1 is 1.03 bits per heavy atom. The van der Waals surface area contributed by atoms with Gasteiger partial charge in [0.25, 0.3) is 0 Å². The monoisotopic (exact) mass is 529 g/mol. The van der Waals surface area contributed by atoms with Gasteiger partial charge in [0.2, 0.25) is 0 Å². The van der Waals surface area contributed by atoms with Gasteiger partial charge in [0.05, 0.1) is 13.3 Å². The quantitative estimate of drug-likeness (QED) is 0.253. The summed E-state index contributed by atoms with van der Waals surface area (Å²) in [6.07, 6.45) is 1.40. The molecule has 2 N–H and O–H groups in total. The van der Waals surface area contributed by atoms with Crippen molar-refractivity contribution in [3.63, 3.8) is 0 Å². The van der Waals surface area contributed by atoms with Crippen LogP contribution < -0.4 is 20.2 Å². The third-order valence-corrected chi connectivity index (χ3v) is 5.28. The molecular weight excluding hydrogens is 510 g/mol. The van der Waals surface area contributed by atoms with Crippen molar-refractivity contribution in [1.82, 2.24) is 5.43 Å². The van der Waals surface area contributed by atoms with Crippen LogP contribution in [0.5, 0.6) is 11.5 Å². The Labute approximate surface area is 204 Å². The van der Waals surface area contributed by atoms with E-state index >= 15 is 0 Å². The average Bonchev–Trinajstić information content (AvgIpc) is 2.80. The van der Waals surface area contributed by atoms with Crippen LogP contribution >= 0.6 is 27.5 Å². The second kappa shape index (κ2) is 11.5. The van der Waals surface area contributed by atoms with Crippen LogP contribution in [-0.4, -0.2) is 25.1 Å². The molecule has 170 valence electrons. The number of hydrogen-bond acceptors (Lipinski definition) is 5. The first-order valence-corrected chi connectivity index (χ1v) is 11.0. The lowest BCUT2D eigenvalue weighted by Gasteiger charge is -2.11. The number of nitrogens with zero attached hydrogens (tertiary/aromatic N) is 1. The van der Waals surface area contributed by atoms with Crippen LogP contribution in [0, 0.1) is 6.92 Å². The lowest BCUT2D eigenvalue weighted by Crippen LogP contribution is -2.32. The van der Waals surface area contributed by atoms with Gasteiger partial charge in [-0.1, -0.05) is 39.7 Å². The third-order valence-electron chi connectivity index (χ3n) is 4.52. The summed E-state index contributed by atoms with van der Waals surface area (Å²) in [6.45, 7) is 2.16. The highest BCUT2D eigenvalue weighted by atomic mass is 79.9. The maximum atomic E-state index is 12.1. The van der Waals surface area contributed by atoms with Gasteiger partial charge in [-0.05, 0) is 72.1 Å². The van der Waals surface area contributed by atoms with Gasteiger partial charge in [0.15, 0.2) is 11.5 Å². The van der Waals surface area contributed by atoms with Gasteiger partial charge >= 0.3 is 11.8 Å². The molecule has 0 aliphatic carbocycles. The number of hydrogen-bond donors (Lipinski definition) is 2. The number of methoxy groups -OCH3 is 1. The normalized spacial score (nSPS) is 10.7. The number of rotatable bonds is 7. The highest BCUT2D eigenvalue weighted by Crippen LogP contribution is 2.28. The summed E-state index contributed by atoms with van der Waals surface area (Å²) in [4.78, 5) is 24.1. The van der Waals surface area contributed by atoms with E-state index in [4.69, 9.17) is 21.1 Å². The molecule has 0 aromatic heterocycles. The molecule has 0 spiro atoms. The van der Waals surface area contributed by atoms with Gasteiger partial charge in [0, 0.05) is 15.2 Å². The van der Waals surface area contributed by atoms with E-state index in [2.05, 4.69) is 31.8 Å². The van der Waals surface area contributed by atoms with E-state index in [0.29, 0.717) is 34.4 Å². The van der Waals surface area contributed by atoms with Gasteiger partial charge in [-0.2, -0.15) is 5.10 Å². The molecule has 33 heavy (non-hydrogen) atoms. The van der Waals surface area contributed by atoms with E-state index in [0.717, 1.165) is 15.6 Å².